The highest BCUT2D eigenvalue weighted by Crippen LogP contribution is 2.36. The zero-order chi connectivity index (χ0) is 25.9. The zero-order valence-electron chi connectivity index (χ0n) is 22.0. The third-order valence-corrected chi connectivity index (χ3v) is 7.75. The number of nitrogens with one attached hydrogen (secondary N) is 2. The molecule has 0 aliphatic carbocycles. The van der Waals surface area contributed by atoms with E-state index in [2.05, 4.69) is 40.7 Å². The smallest absolute Gasteiger partial charge is 0.258 e. The molecule has 3 aromatic carbocycles. The molecule has 1 saturated heterocycles. The monoisotopic (exact) mass is 512 g/mol. The van der Waals surface area contributed by atoms with Gasteiger partial charge in [0.05, 0.1) is 24.6 Å². The van der Waals surface area contributed by atoms with E-state index in [1.54, 1.807) is 0 Å². The first-order valence-electron chi connectivity index (χ1n) is 13.8. The van der Waals surface area contributed by atoms with Crippen LogP contribution in [0, 0.1) is 0 Å². The average molecular weight is 513 g/mol. The number of rotatable bonds is 6. The molecule has 3 aliphatic heterocycles. The van der Waals surface area contributed by atoms with Crippen LogP contribution in [0.5, 0.6) is 5.75 Å². The number of ether oxygens (including phenoxy) is 2. The van der Waals surface area contributed by atoms with Gasteiger partial charge < -0.3 is 25.0 Å². The summed E-state index contributed by atoms with van der Waals surface area (Å²) in [7, 11) is 0. The molecule has 3 heterocycles. The zero-order valence-corrected chi connectivity index (χ0v) is 22.0. The van der Waals surface area contributed by atoms with E-state index in [0.29, 0.717) is 24.8 Å². The maximum atomic E-state index is 13.9. The van der Waals surface area contributed by atoms with Crippen molar-refractivity contribution in [2.75, 3.05) is 68.1 Å². The highest BCUT2D eigenvalue weighted by Gasteiger charge is 2.25. The van der Waals surface area contributed by atoms with E-state index in [0.717, 1.165) is 80.5 Å². The van der Waals surface area contributed by atoms with E-state index < -0.39 is 0 Å². The van der Waals surface area contributed by atoms with Crippen LogP contribution >= 0.6 is 0 Å². The summed E-state index contributed by atoms with van der Waals surface area (Å²) >= 11 is 0. The number of para-hydroxylation sites is 2. The number of hydrogen-bond donors (Lipinski definition) is 2. The maximum absolute atomic E-state index is 13.9. The van der Waals surface area contributed by atoms with Crippen molar-refractivity contribution < 1.29 is 14.3 Å². The van der Waals surface area contributed by atoms with Crippen LogP contribution in [0.1, 0.15) is 29.3 Å². The number of carbonyl (C=O) groups is 1. The number of nitrogens with zero attached hydrogens (tertiary/aromatic N) is 2. The minimum absolute atomic E-state index is 0.00363. The fourth-order valence-electron chi connectivity index (χ4n) is 5.57. The van der Waals surface area contributed by atoms with Gasteiger partial charge in [0.2, 0.25) is 0 Å². The second-order valence-corrected chi connectivity index (χ2v) is 10.4. The van der Waals surface area contributed by atoms with E-state index >= 15 is 0 Å². The van der Waals surface area contributed by atoms with Gasteiger partial charge in [-0.2, -0.15) is 0 Å². The SMILES string of the molecule is C[C@H]1CCN(C(=O)c2ccc(-c3ccc4c(c3)CCN4)c(OCCN3CCOCC3)c2)c2ccccc2N1. The average Bonchev–Trinajstić information content (AvgIpc) is 3.35. The van der Waals surface area contributed by atoms with Crippen LogP contribution in [0.15, 0.2) is 60.7 Å². The molecule has 1 atom stereocenters. The van der Waals surface area contributed by atoms with Crippen LogP contribution in [-0.4, -0.2) is 69.4 Å². The molecule has 3 aliphatic rings. The molecule has 0 unspecified atom stereocenters. The Labute approximate surface area is 224 Å². The van der Waals surface area contributed by atoms with Crippen LogP contribution in [0.2, 0.25) is 0 Å². The molecule has 38 heavy (non-hydrogen) atoms. The Kier molecular flexibility index (Phi) is 7.20. The van der Waals surface area contributed by atoms with Gasteiger partial charge in [-0.05, 0) is 73.4 Å². The maximum Gasteiger partial charge on any atom is 0.258 e. The van der Waals surface area contributed by atoms with E-state index in [1.165, 1.54) is 11.3 Å². The van der Waals surface area contributed by atoms with Gasteiger partial charge in [-0.1, -0.05) is 18.2 Å². The number of fused-ring (bicyclic) bond motifs is 2. The van der Waals surface area contributed by atoms with E-state index in [-0.39, 0.29) is 5.91 Å². The summed E-state index contributed by atoms with van der Waals surface area (Å²) in [5.74, 6) is 0.751. The van der Waals surface area contributed by atoms with Crippen LogP contribution in [0.4, 0.5) is 17.1 Å². The van der Waals surface area contributed by atoms with Gasteiger partial charge in [0.25, 0.3) is 5.91 Å². The molecule has 1 fully saturated rings. The van der Waals surface area contributed by atoms with Crippen molar-refractivity contribution in [1.29, 1.82) is 0 Å². The Hall–Kier alpha value is -3.55. The Balaban J connectivity index is 1.30. The molecule has 1 amide bonds. The van der Waals surface area contributed by atoms with E-state index in [9.17, 15) is 4.79 Å². The predicted octanol–water partition coefficient (Wildman–Crippen LogP) is 4.88. The van der Waals surface area contributed by atoms with Crippen molar-refractivity contribution in [3.63, 3.8) is 0 Å². The fourth-order valence-corrected chi connectivity index (χ4v) is 5.57. The predicted molar refractivity (Wildman–Crippen MR) is 153 cm³/mol. The minimum Gasteiger partial charge on any atom is -0.492 e. The summed E-state index contributed by atoms with van der Waals surface area (Å²) in [6.07, 6.45) is 1.90. The molecule has 0 radical (unpaired) electrons. The Morgan fingerprint density at radius 1 is 1.03 bits per heavy atom. The minimum atomic E-state index is -0.00363. The first kappa shape index (κ1) is 24.8. The van der Waals surface area contributed by atoms with Crippen LogP contribution in [-0.2, 0) is 11.2 Å². The second kappa shape index (κ2) is 11.1. The van der Waals surface area contributed by atoms with Crippen molar-refractivity contribution in [2.24, 2.45) is 0 Å². The fraction of sp³-hybridized carbons (Fsp3) is 0.387. The van der Waals surface area contributed by atoms with E-state index in [1.807, 2.05) is 47.4 Å². The van der Waals surface area contributed by atoms with Gasteiger partial charge in [-0.15, -0.1) is 0 Å². The standard InChI is InChI=1S/C31H36N4O3/c1-22-11-13-35(29-5-3-2-4-28(29)33-22)31(36)25-6-8-26(23-7-9-27-24(20-23)10-12-32-27)30(21-25)38-19-16-34-14-17-37-18-15-34/h2-9,20-22,32-33H,10-19H2,1H3/t22-/m0/s1. The third-order valence-electron chi connectivity index (χ3n) is 7.75. The topological polar surface area (TPSA) is 66.1 Å². The van der Waals surface area contributed by atoms with Crippen molar-refractivity contribution >= 4 is 23.0 Å². The molecular formula is C31H36N4O3. The van der Waals surface area contributed by atoms with Crippen molar-refractivity contribution in [3.05, 3.63) is 71.8 Å². The summed E-state index contributed by atoms with van der Waals surface area (Å²) < 4.78 is 11.9. The largest absolute Gasteiger partial charge is 0.492 e. The van der Waals surface area contributed by atoms with Crippen molar-refractivity contribution in [2.45, 2.75) is 25.8 Å². The molecule has 0 spiro atoms. The first-order valence-corrected chi connectivity index (χ1v) is 13.8. The number of amides is 1. The number of benzene rings is 3. The summed E-state index contributed by atoms with van der Waals surface area (Å²) in [4.78, 5) is 18.2. The number of carbonyl (C=O) groups excluding carboxylic acids is 1. The summed E-state index contributed by atoms with van der Waals surface area (Å²) in [6.45, 7) is 8.57. The molecule has 2 N–H and O–H groups in total. The van der Waals surface area contributed by atoms with Gasteiger partial charge in [0.15, 0.2) is 0 Å². The Morgan fingerprint density at radius 3 is 2.79 bits per heavy atom. The quantitative estimate of drug-likeness (QED) is 0.491. The second-order valence-electron chi connectivity index (χ2n) is 10.4. The van der Waals surface area contributed by atoms with Gasteiger partial charge in [0.1, 0.15) is 12.4 Å². The summed E-state index contributed by atoms with van der Waals surface area (Å²) in [6, 6.07) is 20.8. The van der Waals surface area contributed by atoms with E-state index in [4.69, 9.17) is 9.47 Å². The third kappa shape index (κ3) is 5.22. The van der Waals surface area contributed by atoms with Crippen LogP contribution < -0.4 is 20.3 Å². The molecule has 0 bridgehead atoms. The molecule has 7 heteroatoms. The van der Waals surface area contributed by atoms with Gasteiger partial charge in [-0.25, -0.2) is 0 Å². The number of hydrogen-bond acceptors (Lipinski definition) is 6. The molecule has 198 valence electrons. The Morgan fingerprint density at radius 2 is 1.89 bits per heavy atom. The molecule has 6 rings (SSSR count). The highest BCUT2D eigenvalue weighted by molar-refractivity contribution is 6.08. The molecule has 0 saturated carbocycles. The van der Waals surface area contributed by atoms with Gasteiger partial charge in [0, 0.05) is 55.6 Å². The lowest BCUT2D eigenvalue weighted by Gasteiger charge is -2.26. The lowest BCUT2D eigenvalue weighted by molar-refractivity contribution is 0.0323. The van der Waals surface area contributed by atoms with Crippen LogP contribution in [0.3, 0.4) is 0 Å². The number of morpholine rings is 1. The first-order chi connectivity index (χ1) is 18.7. The molecule has 0 aromatic heterocycles. The number of anilines is 3. The van der Waals surface area contributed by atoms with Gasteiger partial charge >= 0.3 is 0 Å². The summed E-state index contributed by atoms with van der Waals surface area (Å²) in [5, 5.41) is 6.98. The van der Waals surface area contributed by atoms with Crippen molar-refractivity contribution in [1.82, 2.24) is 4.90 Å². The lowest BCUT2D eigenvalue weighted by Crippen LogP contribution is -2.38. The Bertz CT molecular complexity index is 1300. The van der Waals surface area contributed by atoms with Gasteiger partial charge in [-0.3, -0.25) is 9.69 Å². The summed E-state index contributed by atoms with van der Waals surface area (Å²) in [5.41, 5.74) is 7.23. The molecular weight excluding hydrogens is 476 g/mol. The normalized spacial score (nSPS) is 19.1. The van der Waals surface area contributed by atoms with Crippen LogP contribution in [0.25, 0.3) is 11.1 Å². The lowest BCUT2D eigenvalue weighted by atomic mass is 9.99. The molecule has 7 nitrogen and oxygen atoms in total. The highest BCUT2D eigenvalue weighted by atomic mass is 16.5. The van der Waals surface area contributed by atoms with Crippen molar-refractivity contribution in [3.8, 4) is 16.9 Å². The molecule has 3 aromatic rings.